The molecule has 0 amide bonds. The van der Waals surface area contributed by atoms with Gasteiger partial charge in [-0.1, -0.05) is 62.4 Å². The first-order chi connectivity index (χ1) is 13.7. The molecule has 0 aliphatic heterocycles. The van der Waals surface area contributed by atoms with Gasteiger partial charge in [-0.05, 0) is 30.0 Å². The van der Waals surface area contributed by atoms with E-state index in [0.717, 1.165) is 39.5 Å². The van der Waals surface area contributed by atoms with Crippen molar-refractivity contribution in [3.05, 3.63) is 64.6 Å². The van der Waals surface area contributed by atoms with Gasteiger partial charge >= 0.3 is 0 Å². The summed E-state index contributed by atoms with van der Waals surface area (Å²) in [5.41, 5.74) is 2.08. The van der Waals surface area contributed by atoms with Crippen LogP contribution >= 0.6 is 23.1 Å². The minimum absolute atomic E-state index is 0.0507. The molecule has 0 fully saturated rings. The average molecular weight is 410 g/mol. The molecule has 0 aliphatic rings. The maximum atomic E-state index is 13.4. The monoisotopic (exact) mass is 409 g/mol. The number of thioether (sulfide) groups is 1. The molecule has 0 N–H and O–H groups in total. The number of benzene rings is 1. The Kier molecular flexibility index (Phi) is 5.78. The van der Waals surface area contributed by atoms with E-state index in [2.05, 4.69) is 31.0 Å². The number of thiophene rings is 1. The molecule has 0 bridgehead atoms. The van der Waals surface area contributed by atoms with Gasteiger partial charge < -0.3 is 0 Å². The van der Waals surface area contributed by atoms with Crippen LogP contribution in [0.15, 0.2) is 58.6 Å². The minimum atomic E-state index is 0.0507. The van der Waals surface area contributed by atoms with Crippen molar-refractivity contribution < 1.29 is 0 Å². The lowest BCUT2D eigenvalue weighted by Crippen LogP contribution is -2.25. The van der Waals surface area contributed by atoms with Gasteiger partial charge in [-0.15, -0.1) is 11.3 Å². The SMILES string of the molecule is CCCCSc1nc2c(sc3ncccc32)c(=O)n1CC(C)c1ccccc1. The van der Waals surface area contributed by atoms with Crippen molar-refractivity contribution in [3.63, 3.8) is 0 Å². The van der Waals surface area contributed by atoms with Gasteiger partial charge in [-0.25, -0.2) is 9.97 Å². The highest BCUT2D eigenvalue weighted by Gasteiger charge is 2.18. The summed E-state index contributed by atoms with van der Waals surface area (Å²) in [5.74, 6) is 1.20. The van der Waals surface area contributed by atoms with Gasteiger partial charge in [0.25, 0.3) is 5.56 Å². The van der Waals surface area contributed by atoms with Crippen molar-refractivity contribution in [1.29, 1.82) is 0 Å². The molecule has 0 saturated heterocycles. The van der Waals surface area contributed by atoms with E-state index in [1.807, 2.05) is 34.9 Å². The molecule has 3 aromatic heterocycles. The van der Waals surface area contributed by atoms with Crippen LogP contribution in [0.1, 0.15) is 38.2 Å². The molecule has 144 valence electrons. The lowest BCUT2D eigenvalue weighted by atomic mass is 10.0. The minimum Gasteiger partial charge on any atom is -0.286 e. The van der Waals surface area contributed by atoms with E-state index in [-0.39, 0.29) is 11.5 Å². The highest BCUT2D eigenvalue weighted by Crippen LogP contribution is 2.31. The van der Waals surface area contributed by atoms with Crippen LogP contribution in [-0.2, 0) is 6.54 Å². The van der Waals surface area contributed by atoms with E-state index in [9.17, 15) is 4.79 Å². The maximum absolute atomic E-state index is 13.4. The summed E-state index contributed by atoms with van der Waals surface area (Å²) in [7, 11) is 0. The molecule has 4 nitrogen and oxygen atoms in total. The zero-order chi connectivity index (χ0) is 19.5. The summed E-state index contributed by atoms with van der Waals surface area (Å²) >= 11 is 3.13. The van der Waals surface area contributed by atoms with Crippen molar-refractivity contribution >= 4 is 43.5 Å². The average Bonchev–Trinajstić information content (AvgIpc) is 3.10. The first kappa shape index (κ1) is 19.2. The fourth-order valence-electron chi connectivity index (χ4n) is 3.28. The Morgan fingerprint density at radius 2 is 2.00 bits per heavy atom. The first-order valence-electron chi connectivity index (χ1n) is 9.65. The Balaban J connectivity index is 1.82. The largest absolute Gasteiger partial charge is 0.286 e. The highest BCUT2D eigenvalue weighted by molar-refractivity contribution is 7.99. The second-order valence-corrected chi connectivity index (χ2v) is 9.02. The summed E-state index contributed by atoms with van der Waals surface area (Å²) in [4.78, 5) is 23.7. The molecule has 0 saturated carbocycles. The molecule has 0 radical (unpaired) electrons. The number of hydrogen-bond acceptors (Lipinski definition) is 5. The third-order valence-corrected chi connectivity index (χ3v) is 7.03. The summed E-state index contributed by atoms with van der Waals surface area (Å²) in [5, 5.41) is 1.79. The number of hydrogen-bond donors (Lipinski definition) is 0. The van der Waals surface area contributed by atoms with Crippen molar-refractivity contribution in [1.82, 2.24) is 14.5 Å². The van der Waals surface area contributed by atoms with Crippen LogP contribution in [0.2, 0.25) is 0 Å². The Labute approximate surface area is 172 Å². The number of pyridine rings is 1. The standard InChI is InChI=1S/C22H23N3OS2/c1-3-4-13-27-22-24-18-17-11-8-12-23-20(17)28-19(18)21(26)25(22)14-15(2)16-9-6-5-7-10-16/h5-12,15H,3-4,13-14H2,1-2H3. The predicted octanol–water partition coefficient (Wildman–Crippen LogP) is 5.70. The second kappa shape index (κ2) is 8.45. The Morgan fingerprint density at radius 3 is 2.79 bits per heavy atom. The fourth-order valence-corrected chi connectivity index (χ4v) is 5.40. The first-order valence-corrected chi connectivity index (χ1v) is 11.4. The van der Waals surface area contributed by atoms with Crippen molar-refractivity contribution in [2.24, 2.45) is 0 Å². The third-order valence-electron chi connectivity index (χ3n) is 4.87. The molecule has 0 aliphatic carbocycles. The zero-order valence-electron chi connectivity index (χ0n) is 16.1. The summed E-state index contributed by atoms with van der Waals surface area (Å²) < 4.78 is 2.57. The zero-order valence-corrected chi connectivity index (χ0v) is 17.7. The van der Waals surface area contributed by atoms with Crippen LogP contribution < -0.4 is 5.56 Å². The smallest absolute Gasteiger partial charge is 0.272 e. The third kappa shape index (κ3) is 3.71. The summed E-state index contributed by atoms with van der Waals surface area (Å²) in [6.45, 7) is 4.97. The second-order valence-electron chi connectivity index (χ2n) is 6.96. The number of aromatic nitrogens is 3. The number of unbranched alkanes of at least 4 members (excludes halogenated alkanes) is 1. The van der Waals surface area contributed by atoms with Gasteiger partial charge in [0.2, 0.25) is 0 Å². The quantitative estimate of drug-likeness (QED) is 0.223. The maximum Gasteiger partial charge on any atom is 0.272 e. The van der Waals surface area contributed by atoms with Crippen LogP contribution in [0.5, 0.6) is 0 Å². The molecular weight excluding hydrogens is 386 g/mol. The van der Waals surface area contributed by atoms with Crippen molar-refractivity contribution in [3.8, 4) is 0 Å². The predicted molar refractivity (Wildman–Crippen MR) is 120 cm³/mol. The molecule has 3 heterocycles. The molecule has 0 spiro atoms. The number of fused-ring (bicyclic) bond motifs is 3. The fraction of sp³-hybridized carbons (Fsp3) is 0.318. The molecule has 28 heavy (non-hydrogen) atoms. The molecule has 1 atom stereocenters. The Bertz CT molecular complexity index is 1150. The van der Waals surface area contributed by atoms with Crippen LogP contribution in [0.3, 0.4) is 0 Å². The molecule has 4 aromatic rings. The summed E-state index contributed by atoms with van der Waals surface area (Å²) in [6, 6.07) is 14.3. The van der Waals surface area contributed by atoms with Gasteiger partial charge in [0.1, 0.15) is 9.53 Å². The van der Waals surface area contributed by atoms with E-state index in [4.69, 9.17) is 4.98 Å². The Hall–Kier alpha value is -2.18. The number of nitrogens with zero attached hydrogens (tertiary/aromatic N) is 3. The van der Waals surface area contributed by atoms with Crippen LogP contribution in [0.25, 0.3) is 20.4 Å². The van der Waals surface area contributed by atoms with Gasteiger partial charge in [0.05, 0.1) is 5.52 Å². The van der Waals surface area contributed by atoms with Crippen LogP contribution in [0.4, 0.5) is 0 Å². The van der Waals surface area contributed by atoms with Gasteiger partial charge in [0, 0.05) is 23.9 Å². The van der Waals surface area contributed by atoms with E-state index < -0.39 is 0 Å². The van der Waals surface area contributed by atoms with E-state index >= 15 is 0 Å². The summed E-state index contributed by atoms with van der Waals surface area (Å²) in [6.07, 6.45) is 4.01. The lowest BCUT2D eigenvalue weighted by molar-refractivity contribution is 0.532. The van der Waals surface area contributed by atoms with Crippen molar-refractivity contribution in [2.75, 3.05) is 5.75 Å². The Morgan fingerprint density at radius 1 is 1.18 bits per heavy atom. The van der Waals surface area contributed by atoms with E-state index in [1.165, 1.54) is 16.9 Å². The van der Waals surface area contributed by atoms with Crippen LogP contribution in [0, 0.1) is 0 Å². The molecule has 1 unspecified atom stereocenters. The van der Waals surface area contributed by atoms with E-state index in [1.54, 1.807) is 18.0 Å². The highest BCUT2D eigenvalue weighted by atomic mass is 32.2. The lowest BCUT2D eigenvalue weighted by Gasteiger charge is -2.17. The topological polar surface area (TPSA) is 47.8 Å². The molecule has 6 heteroatoms. The normalized spacial score (nSPS) is 12.6. The van der Waals surface area contributed by atoms with Crippen LogP contribution in [-0.4, -0.2) is 20.3 Å². The molecule has 4 rings (SSSR count). The molecule has 1 aromatic carbocycles. The van der Waals surface area contributed by atoms with Gasteiger partial charge in [0.15, 0.2) is 5.16 Å². The van der Waals surface area contributed by atoms with Gasteiger partial charge in [-0.3, -0.25) is 9.36 Å². The van der Waals surface area contributed by atoms with Crippen molar-refractivity contribution in [2.45, 2.75) is 44.3 Å². The van der Waals surface area contributed by atoms with Gasteiger partial charge in [-0.2, -0.15) is 0 Å². The van der Waals surface area contributed by atoms with E-state index in [0.29, 0.717) is 11.2 Å². The molecular formula is C22H23N3OS2. The number of rotatable bonds is 7.